The highest BCUT2D eigenvalue weighted by Gasteiger charge is 2.49. The van der Waals surface area contributed by atoms with E-state index in [-0.39, 0.29) is 35.8 Å². The number of fused-ring (bicyclic) bond motifs is 3. The van der Waals surface area contributed by atoms with Crippen molar-refractivity contribution in [2.24, 2.45) is 0 Å². The third-order valence-electron chi connectivity index (χ3n) is 6.25. The molecule has 4 rings (SSSR count). The summed E-state index contributed by atoms with van der Waals surface area (Å²) in [7, 11) is 0. The summed E-state index contributed by atoms with van der Waals surface area (Å²) in [6.07, 6.45) is 0.125. The number of hydrogen-bond donors (Lipinski definition) is 2. The van der Waals surface area contributed by atoms with Crippen LogP contribution >= 0.6 is 11.6 Å². The lowest BCUT2D eigenvalue weighted by atomic mass is 9.84. The van der Waals surface area contributed by atoms with Crippen molar-refractivity contribution in [1.29, 1.82) is 0 Å². The van der Waals surface area contributed by atoms with Crippen LogP contribution in [-0.2, 0) is 6.54 Å². The number of aromatic nitrogens is 1. The van der Waals surface area contributed by atoms with Gasteiger partial charge in [0.15, 0.2) is 11.4 Å². The van der Waals surface area contributed by atoms with E-state index in [4.69, 9.17) is 11.6 Å². The Morgan fingerprint density at radius 3 is 2.73 bits per heavy atom. The minimum absolute atomic E-state index is 0.00839. The summed E-state index contributed by atoms with van der Waals surface area (Å²) in [4.78, 5) is 39.6. The number of pyridine rings is 1. The molecule has 2 amide bonds. The molecule has 11 heteroatoms. The highest BCUT2D eigenvalue weighted by atomic mass is 35.5. The standard InChI is InChI=1S/C22H21ClF3N3O4/c1-2-28-15-8-22(25,26)7-6-14(15)29-10-12(18(30)19(31)17(29)21(28)33)20(32)27-9-11-4-3-5-13(23)16(11)24/h3-5,10,14-15,31H,2,6-9H2,1H3,(H,27,32)/t14-,15+/m0/s1. The zero-order valence-electron chi connectivity index (χ0n) is 17.6. The maximum atomic E-state index is 14.1. The van der Waals surface area contributed by atoms with E-state index in [1.807, 2.05) is 0 Å². The minimum atomic E-state index is -2.95. The molecule has 176 valence electrons. The smallest absolute Gasteiger partial charge is 0.274 e. The summed E-state index contributed by atoms with van der Waals surface area (Å²) in [6.45, 7) is 1.47. The van der Waals surface area contributed by atoms with Crippen molar-refractivity contribution in [3.8, 4) is 5.75 Å². The van der Waals surface area contributed by atoms with Crippen LogP contribution in [0.2, 0.25) is 5.02 Å². The van der Waals surface area contributed by atoms with Gasteiger partial charge < -0.3 is 19.9 Å². The molecule has 2 aliphatic rings. The highest BCUT2D eigenvalue weighted by molar-refractivity contribution is 6.30. The second-order valence-electron chi connectivity index (χ2n) is 8.20. The highest BCUT2D eigenvalue weighted by Crippen LogP contribution is 2.44. The molecule has 0 spiro atoms. The molecule has 2 aromatic rings. The van der Waals surface area contributed by atoms with Crippen LogP contribution in [0.4, 0.5) is 13.2 Å². The number of rotatable bonds is 4. The molecule has 33 heavy (non-hydrogen) atoms. The molecular weight excluding hydrogens is 463 g/mol. The summed E-state index contributed by atoms with van der Waals surface area (Å²) in [5.74, 6) is -6.25. The van der Waals surface area contributed by atoms with E-state index in [2.05, 4.69) is 5.32 Å². The molecule has 2 heterocycles. The molecule has 2 atom stereocenters. The first kappa shape index (κ1) is 23.2. The summed E-state index contributed by atoms with van der Waals surface area (Å²) in [5, 5.41) is 12.8. The molecule has 2 N–H and O–H groups in total. The van der Waals surface area contributed by atoms with Gasteiger partial charge in [-0.3, -0.25) is 14.4 Å². The summed E-state index contributed by atoms with van der Waals surface area (Å²) < 4.78 is 43.6. The van der Waals surface area contributed by atoms with E-state index < -0.39 is 65.2 Å². The van der Waals surface area contributed by atoms with E-state index in [0.717, 1.165) is 6.20 Å². The number of alkyl halides is 2. The lowest BCUT2D eigenvalue weighted by Gasteiger charge is -2.47. The Hall–Kier alpha value is -3.01. The van der Waals surface area contributed by atoms with Gasteiger partial charge in [0.2, 0.25) is 11.4 Å². The van der Waals surface area contributed by atoms with Crippen molar-refractivity contribution in [2.75, 3.05) is 6.54 Å². The molecule has 1 saturated carbocycles. The Kier molecular flexibility index (Phi) is 5.90. The predicted molar refractivity (Wildman–Crippen MR) is 113 cm³/mol. The second kappa shape index (κ2) is 8.40. The van der Waals surface area contributed by atoms with E-state index in [1.54, 1.807) is 6.92 Å². The van der Waals surface area contributed by atoms with Crippen LogP contribution in [0.5, 0.6) is 5.75 Å². The maximum Gasteiger partial charge on any atom is 0.274 e. The number of aromatic hydroxyl groups is 1. The number of hydrogen-bond acceptors (Lipinski definition) is 4. The number of halogens is 4. The van der Waals surface area contributed by atoms with Crippen molar-refractivity contribution >= 4 is 23.4 Å². The Morgan fingerprint density at radius 2 is 2.03 bits per heavy atom. The zero-order valence-corrected chi connectivity index (χ0v) is 18.3. The van der Waals surface area contributed by atoms with Crippen LogP contribution in [0.3, 0.4) is 0 Å². The van der Waals surface area contributed by atoms with Crippen LogP contribution < -0.4 is 10.7 Å². The summed E-state index contributed by atoms with van der Waals surface area (Å²) in [6, 6.07) is 2.76. The van der Waals surface area contributed by atoms with Gasteiger partial charge in [-0.15, -0.1) is 0 Å². The van der Waals surface area contributed by atoms with Gasteiger partial charge in [0.1, 0.15) is 11.4 Å². The number of likely N-dealkylation sites (N-methyl/N-ethyl adjacent to an activating group) is 1. The number of carbonyl (C=O) groups is 2. The van der Waals surface area contributed by atoms with Crippen molar-refractivity contribution in [3.05, 3.63) is 62.3 Å². The van der Waals surface area contributed by atoms with Gasteiger partial charge in [-0.25, -0.2) is 13.2 Å². The van der Waals surface area contributed by atoms with Gasteiger partial charge >= 0.3 is 0 Å². The fraction of sp³-hybridized carbons (Fsp3) is 0.409. The van der Waals surface area contributed by atoms with Crippen molar-refractivity contribution in [3.63, 3.8) is 0 Å². The fourth-order valence-corrected chi connectivity index (χ4v) is 4.81. The average Bonchev–Trinajstić information content (AvgIpc) is 2.76. The van der Waals surface area contributed by atoms with Crippen LogP contribution in [0, 0.1) is 5.82 Å². The molecule has 1 aromatic heterocycles. The third kappa shape index (κ3) is 3.96. The first-order valence-electron chi connectivity index (χ1n) is 10.4. The number of amides is 2. The number of nitrogens with zero attached hydrogens (tertiary/aromatic N) is 2. The largest absolute Gasteiger partial charge is 0.503 e. The lowest BCUT2D eigenvalue weighted by molar-refractivity contribution is -0.0774. The molecule has 0 bridgehead atoms. The van der Waals surface area contributed by atoms with Gasteiger partial charge in [-0.2, -0.15) is 0 Å². The number of carbonyl (C=O) groups excluding carboxylic acids is 2. The topological polar surface area (TPSA) is 91.6 Å². The van der Waals surface area contributed by atoms with Crippen molar-refractivity contribution in [2.45, 2.75) is 50.7 Å². The SMILES string of the molecule is CCN1C(=O)c2c(O)c(=O)c(C(=O)NCc3cccc(Cl)c3F)cn2[C@H]2CCC(F)(F)C[C@H]21. The Bertz CT molecular complexity index is 1200. The molecule has 1 aliphatic heterocycles. The Morgan fingerprint density at radius 1 is 1.30 bits per heavy atom. The third-order valence-corrected chi connectivity index (χ3v) is 6.54. The Labute approximate surface area is 191 Å². The van der Waals surface area contributed by atoms with Crippen LogP contribution in [0.15, 0.2) is 29.2 Å². The fourth-order valence-electron chi connectivity index (χ4n) is 4.61. The van der Waals surface area contributed by atoms with Gasteiger partial charge in [0.05, 0.1) is 17.1 Å². The van der Waals surface area contributed by atoms with Crippen LogP contribution in [0.25, 0.3) is 0 Å². The van der Waals surface area contributed by atoms with Crippen LogP contribution in [-0.4, -0.2) is 44.9 Å². The quantitative estimate of drug-likeness (QED) is 0.696. The van der Waals surface area contributed by atoms with Gasteiger partial charge in [0.25, 0.3) is 11.8 Å². The monoisotopic (exact) mass is 483 g/mol. The zero-order chi connectivity index (χ0) is 24.1. The van der Waals surface area contributed by atoms with E-state index in [1.165, 1.54) is 27.7 Å². The predicted octanol–water partition coefficient (Wildman–Crippen LogP) is 3.48. The molecule has 1 aliphatic carbocycles. The summed E-state index contributed by atoms with van der Waals surface area (Å²) >= 11 is 5.73. The molecule has 1 fully saturated rings. The van der Waals surface area contributed by atoms with Gasteiger partial charge in [-0.1, -0.05) is 23.7 Å². The minimum Gasteiger partial charge on any atom is -0.503 e. The molecule has 7 nitrogen and oxygen atoms in total. The average molecular weight is 484 g/mol. The second-order valence-corrected chi connectivity index (χ2v) is 8.60. The maximum absolute atomic E-state index is 14.1. The first-order valence-corrected chi connectivity index (χ1v) is 10.8. The summed E-state index contributed by atoms with van der Waals surface area (Å²) in [5.41, 5.74) is -1.80. The molecule has 0 radical (unpaired) electrons. The number of benzene rings is 1. The lowest BCUT2D eigenvalue weighted by Crippen LogP contribution is -2.55. The molecule has 0 unspecified atom stereocenters. The molecule has 1 aromatic carbocycles. The van der Waals surface area contributed by atoms with Gasteiger partial charge in [-0.05, 0) is 19.4 Å². The van der Waals surface area contributed by atoms with Gasteiger partial charge in [0, 0.05) is 37.7 Å². The van der Waals surface area contributed by atoms with E-state index in [9.17, 15) is 32.7 Å². The van der Waals surface area contributed by atoms with E-state index >= 15 is 0 Å². The van der Waals surface area contributed by atoms with Crippen molar-refractivity contribution in [1.82, 2.24) is 14.8 Å². The van der Waals surface area contributed by atoms with Crippen LogP contribution in [0.1, 0.15) is 58.6 Å². The first-order chi connectivity index (χ1) is 15.6. The van der Waals surface area contributed by atoms with Crippen molar-refractivity contribution < 1.29 is 27.9 Å². The van der Waals surface area contributed by atoms with E-state index in [0.29, 0.717) is 0 Å². The Balaban J connectivity index is 1.71. The molecule has 0 saturated heterocycles. The number of nitrogens with one attached hydrogen (secondary N) is 1. The molecular formula is C22H21ClF3N3O4. The normalized spacial score (nSPS) is 21.4.